The van der Waals surface area contributed by atoms with E-state index in [2.05, 4.69) is 10.6 Å². The summed E-state index contributed by atoms with van der Waals surface area (Å²) in [6.45, 7) is 0.557. The molecule has 2 N–H and O–H groups in total. The highest BCUT2D eigenvalue weighted by Crippen LogP contribution is 2.05. The zero-order chi connectivity index (χ0) is 14.1. The number of rotatable bonds is 7. The van der Waals surface area contributed by atoms with Crippen LogP contribution < -0.4 is 10.6 Å². The number of hydrogen-bond acceptors (Lipinski definition) is 2. The van der Waals surface area contributed by atoms with Gasteiger partial charge in [0.25, 0.3) is 5.91 Å². The minimum Gasteiger partial charge on any atom is -0.354 e. The van der Waals surface area contributed by atoms with Crippen molar-refractivity contribution in [2.45, 2.75) is 12.8 Å². The first-order chi connectivity index (χ1) is 9.15. The standard InChI is InChI=1S/C13H16ClFN2O2/c14-7-3-6-12(18)16-8-9-17-13(19)10-4-1-2-5-11(10)15/h1-2,4-5H,3,6-9H2,(H,16,18)(H,17,19). The molecule has 0 bridgehead atoms. The summed E-state index contributed by atoms with van der Waals surface area (Å²) in [5, 5.41) is 5.16. The molecule has 2 amide bonds. The molecule has 1 aromatic carbocycles. The number of benzene rings is 1. The van der Waals surface area contributed by atoms with Crippen molar-refractivity contribution in [1.82, 2.24) is 10.6 Å². The monoisotopic (exact) mass is 286 g/mol. The molecule has 0 heterocycles. The molecule has 0 atom stereocenters. The van der Waals surface area contributed by atoms with Crippen molar-refractivity contribution >= 4 is 23.4 Å². The van der Waals surface area contributed by atoms with Gasteiger partial charge in [-0.05, 0) is 18.6 Å². The third kappa shape index (κ3) is 5.70. The molecule has 6 heteroatoms. The lowest BCUT2D eigenvalue weighted by atomic mass is 10.2. The Bertz CT molecular complexity index is 440. The summed E-state index contributed by atoms with van der Waals surface area (Å²) in [5.41, 5.74) is -0.00373. The molecule has 1 rings (SSSR count). The van der Waals surface area contributed by atoms with Crippen molar-refractivity contribution in [3.05, 3.63) is 35.6 Å². The predicted octanol–water partition coefficient (Wildman–Crippen LogP) is 1.69. The number of hydrogen-bond donors (Lipinski definition) is 2. The first-order valence-corrected chi connectivity index (χ1v) is 6.54. The van der Waals surface area contributed by atoms with Crippen LogP contribution in [0.25, 0.3) is 0 Å². The predicted molar refractivity (Wildman–Crippen MR) is 71.7 cm³/mol. The summed E-state index contributed by atoms with van der Waals surface area (Å²) in [6, 6.07) is 5.74. The van der Waals surface area contributed by atoms with E-state index >= 15 is 0 Å². The lowest BCUT2D eigenvalue weighted by Gasteiger charge is -2.07. The average molecular weight is 287 g/mol. The minimum absolute atomic E-state index is 0.00373. The number of halogens is 2. The van der Waals surface area contributed by atoms with Crippen molar-refractivity contribution in [3.8, 4) is 0 Å². The van der Waals surface area contributed by atoms with Crippen LogP contribution in [0, 0.1) is 5.82 Å². The third-order valence-electron chi connectivity index (χ3n) is 2.39. The first-order valence-electron chi connectivity index (χ1n) is 6.00. The molecule has 0 saturated heterocycles. The Morgan fingerprint density at radius 2 is 1.84 bits per heavy atom. The Morgan fingerprint density at radius 1 is 1.16 bits per heavy atom. The SMILES string of the molecule is O=C(CCCCl)NCCNC(=O)c1ccccc1F. The van der Waals surface area contributed by atoms with Gasteiger partial charge in [0.05, 0.1) is 5.56 Å². The normalized spacial score (nSPS) is 10.0. The highest BCUT2D eigenvalue weighted by atomic mass is 35.5. The van der Waals surface area contributed by atoms with Crippen LogP contribution in [0.15, 0.2) is 24.3 Å². The van der Waals surface area contributed by atoms with Crippen molar-refractivity contribution in [1.29, 1.82) is 0 Å². The van der Waals surface area contributed by atoms with E-state index < -0.39 is 11.7 Å². The number of carbonyl (C=O) groups excluding carboxylic acids is 2. The average Bonchev–Trinajstić information content (AvgIpc) is 2.41. The Balaban J connectivity index is 2.25. The zero-order valence-corrected chi connectivity index (χ0v) is 11.2. The van der Waals surface area contributed by atoms with Gasteiger partial charge >= 0.3 is 0 Å². The van der Waals surface area contributed by atoms with E-state index in [9.17, 15) is 14.0 Å². The Kier molecular flexibility index (Phi) is 6.89. The van der Waals surface area contributed by atoms with Crippen LogP contribution >= 0.6 is 11.6 Å². The third-order valence-corrected chi connectivity index (χ3v) is 2.66. The molecular weight excluding hydrogens is 271 g/mol. The number of nitrogens with one attached hydrogen (secondary N) is 2. The molecule has 1 aromatic rings. The van der Waals surface area contributed by atoms with E-state index in [0.717, 1.165) is 0 Å². The largest absolute Gasteiger partial charge is 0.354 e. The van der Waals surface area contributed by atoms with Gasteiger partial charge in [0.15, 0.2) is 0 Å². The molecule has 19 heavy (non-hydrogen) atoms. The second-order valence-electron chi connectivity index (χ2n) is 3.88. The molecule has 0 radical (unpaired) electrons. The van der Waals surface area contributed by atoms with Gasteiger partial charge in [-0.15, -0.1) is 11.6 Å². The van der Waals surface area contributed by atoms with E-state index in [0.29, 0.717) is 25.3 Å². The van der Waals surface area contributed by atoms with Crippen LogP contribution in [0.4, 0.5) is 4.39 Å². The van der Waals surface area contributed by atoms with Gasteiger partial charge in [-0.1, -0.05) is 12.1 Å². The lowest BCUT2D eigenvalue weighted by molar-refractivity contribution is -0.121. The smallest absolute Gasteiger partial charge is 0.254 e. The summed E-state index contributed by atoms with van der Waals surface area (Å²) >= 11 is 5.46. The molecule has 0 spiro atoms. The van der Waals surface area contributed by atoms with E-state index in [1.807, 2.05) is 0 Å². The number of amides is 2. The summed E-state index contributed by atoms with van der Waals surface area (Å²) in [7, 11) is 0. The van der Waals surface area contributed by atoms with Gasteiger partial charge in [-0.3, -0.25) is 9.59 Å². The molecule has 0 fully saturated rings. The first kappa shape index (κ1) is 15.4. The fourth-order valence-corrected chi connectivity index (χ4v) is 1.57. The highest BCUT2D eigenvalue weighted by molar-refractivity contribution is 6.17. The van der Waals surface area contributed by atoms with Gasteiger partial charge in [0.2, 0.25) is 5.91 Å². The van der Waals surface area contributed by atoms with Gasteiger partial charge in [-0.25, -0.2) is 4.39 Å². The molecule has 0 aromatic heterocycles. The second kappa shape index (κ2) is 8.48. The van der Waals surface area contributed by atoms with Crippen molar-refractivity contribution in [3.63, 3.8) is 0 Å². The molecule has 104 valence electrons. The van der Waals surface area contributed by atoms with E-state index in [1.54, 1.807) is 6.07 Å². The quantitative estimate of drug-likeness (QED) is 0.592. The highest BCUT2D eigenvalue weighted by Gasteiger charge is 2.09. The second-order valence-corrected chi connectivity index (χ2v) is 4.26. The minimum atomic E-state index is -0.564. The van der Waals surface area contributed by atoms with Crippen molar-refractivity contribution < 1.29 is 14.0 Å². The van der Waals surface area contributed by atoms with Gasteiger partial charge in [-0.2, -0.15) is 0 Å². The lowest BCUT2D eigenvalue weighted by Crippen LogP contribution is -2.34. The summed E-state index contributed by atoms with van der Waals surface area (Å²) in [6.07, 6.45) is 0.986. The number of carbonyl (C=O) groups is 2. The molecule has 0 aliphatic rings. The molecule has 0 saturated carbocycles. The molecule has 0 aliphatic heterocycles. The van der Waals surface area contributed by atoms with Crippen molar-refractivity contribution in [2.24, 2.45) is 0 Å². The summed E-state index contributed by atoms with van der Waals surface area (Å²) < 4.78 is 13.3. The van der Waals surface area contributed by atoms with Crippen LogP contribution in [0.5, 0.6) is 0 Å². The maximum absolute atomic E-state index is 13.3. The molecule has 4 nitrogen and oxygen atoms in total. The van der Waals surface area contributed by atoms with Crippen molar-refractivity contribution in [2.75, 3.05) is 19.0 Å². The number of alkyl halides is 1. The summed E-state index contributed by atoms with van der Waals surface area (Å²) in [4.78, 5) is 22.8. The zero-order valence-electron chi connectivity index (χ0n) is 10.4. The van der Waals surface area contributed by atoms with Crippen LogP contribution in [0.3, 0.4) is 0 Å². The van der Waals surface area contributed by atoms with Gasteiger partial charge in [0.1, 0.15) is 5.82 Å². The topological polar surface area (TPSA) is 58.2 Å². The van der Waals surface area contributed by atoms with Crippen LogP contribution in [-0.2, 0) is 4.79 Å². The fraction of sp³-hybridized carbons (Fsp3) is 0.385. The van der Waals surface area contributed by atoms with Gasteiger partial charge < -0.3 is 10.6 Å². The molecule has 0 unspecified atom stereocenters. The van der Waals surface area contributed by atoms with Crippen LogP contribution in [-0.4, -0.2) is 30.8 Å². The van der Waals surface area contributed by atoms with Crippen LogP contribution in [0.1, 0.15) is 23.2 Å². The van der Waals surface area contributed by atoms with E-state index in [-0.39, 0.29) is 18.0 Å². The van der Waals surface area contributed by atoms with Crippen LogP contribution in [0.2, 0.25) is 0 Å². The Morgan fingerprint density at radius 3 is 2.53 bits per heavy atom. The Hall–Kier alpha value is -1.62. The maximum Gasteiger partial charge on any atom is 0.254 e. The maximum atomic E-state index is 13.3. The summed E-state index contributed by atoms with van der Waals surface area (Å²) in [5.74, 6) is -0.725. The fourth-order valence-electron chi connectivity index (χ4n) is 1.43. The molecule has 0 aliphatic carbocycles. The Labute approximate surface area is 116 Å². The van der Waals surface area contributed by atoms with E-state index in [1.165, 1.54) is 18.2 Å². The van der Waals surface area contributed by atoms with Gasteiger partial charge in [0, 0.05) is 25.4 Å². The van der Waals surface area contributed by atoms with E-state index in [4.69, 9.17) is 11.6 Å². The molecular formula is C13H16ClFN2O2.